The number of ether oxygens (including phenoxy) is 2. The van der Waals surface area contributed by atoms with E-state index in [0.29, 0.717) is 24.2 Å². The lowest BCUT2D eigenvalue weighted by atomic mass is 10.3. The normalized spacial score (nSPS) is 20.8. The van der Waals surface area contributed by atoms with Crippen molar-refractivity contribution in [2.24, 2.45) is 0 Å². The van der Waals surface area contributed by atoms with E-state index in [-0.39, 0.29) is 6.10 Å². The minimum absolute atomic E-state index is 0.183. The summed E-state index contributed by atoms with van der Waals surface area (Å²) in [5.74, 6) is 0.674. The van der Waals surface area contributed by atoms with Crippen molar-refractivity contribution in [3.8, 4) is 0 Å². The highest BCUT2D eigenvalue weighted by molar-refractivity contribution is 6.30. The van der Waals surface area contributed by atoms with Crippen molar-refractivity contribution in [1.29, 1.82) is 0 Å². The lowest BCUT2D eigenvalue weighted by Gasteiger charge is -2.10. The number of hydrogen-bond donors (Lipinski definition) is 0. The highest BCUT2D eigenvalue weighted by Crippen LogP contribution is 2.16. The maximum Gasteiger partial charge on any atom is 0.138 e. The van der Waals surface area contributed by atoms with Crippen LogP contribution in [0, 0.1) is 6.92 Å². The van der Waals surface area contributed by atoms with Crippen LogP contribution in [0.25, 0.3) is 0 Å². The van der Waals surface area contributed by atoms with Crippen LogP contribution in [0.4, 0.5) is 0 Å². The Morgan fingerprint density at radius 3 is 3.20 bits per heavy atom. The van der Waals surface area contributed by atoms with Crippen LogP contribution in [0.2, 0.25) is 5.15 Å². The zero-order chi connectivity index (χ0) is 10.7. The zero-order valence-corrected chi connectivity index (χ0v) is 9.33. The third kappa shape index (κ3) is 2.87. The second kappa shape index (κ2) is 4.88. The molecule has 2 rings (SSSR count). The van der Waals surface area contributed by atoms with Gasteiger partial charge in [0.15, 0.2) is 0 Å². The van der Waals surface area contributed by atoms with Crippen LogP contribution in [0.5, 0.6) is 0 Å². The van der Waals surface area contributed by atoms with Gasteiger partial charge in [0.25, 0.3) is 0 Å². The van der Waals surface area contributed by atoms with Gasteiger partial charge in [-0.1, -0.05) is 11.6 Å². The molecule has 1 aliphatic heterocycles. The lowest BCUT2D eigenvalue weighted by molar-refractivity contribution is 0.0315. The number of aryl methyl sites for hydroxylation is 1. The predicted molar refractivity (Wildman–Crippen MR) is 55.8 cm³/mol. The molecule has 0 saturated carbocycles. The van der Waals surface area contributed by atoms with Crippen molar-refractivity contribution < 1.29 is 9.47 Å². The number of rotatable bonds is 3. The SMILES string of the molecule is Cc1ncc(COC2CCOC2)c(Cl)n1. The Hall–Kier alpha value is -0.710. The fourth-order valence-electron chi connectivity index (χ4n) is 1.42. The van der Waals surface area contributed by atoms with E-state index in [1.165, 1.54) is 0 Å². The van der Waals surface area contributed by atoms with E-state index < -0.39 is 0 Å². The largest absolute Gasteiger partial charge is 0.379 e. The molecule has 15 heavy (non-hydrogen) atoms. The van der Waals surface area contributed by atoms with Crippen molar-refractivity contribution in [1.82, 2.24) is 9.97 Å². The van der Waals surface area contributed by atoms with Gasteiger partial charge in [-0.25, -0.2) is 9.97 Å². The Balaban J connectivity index is 1.92. The van der Waals surface area contributed by atoms with Crippen LogP contribution >= 0.6 is 11.6 Å². The van der Waals surface area contributed by atoms with Crippen LogP contribution in [0.15, 0.2) is 6.20 Å². The van der Waals surface area contributed by atoms with E-state index in [1.807, 2.05) is 0 Å². The molecule has 82 valence electrons. The molecule has 5 heteroatoms. The molecule has 0 bridgehead atoms. The second-order valence-electron chi connectivity index (χ2n) is 3.53. The summed E-state index contributed by atoms with van der Waals surface area (Å²) in [5, 5.41) is 0.474. The molecule has 0 aromatic carbocycles. The molecule has 0 aliphatic carbocycles. The van der Waals surface area contributed by atoms with Gasteiger partial charge in [-0.3, -0.25) is 0 Å². The first-order chi connectivity index (χ1) is 7.25. The van der Waals surface area contributed by atoms with Crippen molar-refractivity contribution in [3.05, 3.63) is 22.7 Å². The minimum Gasteiger partial charge on any atom is -0.379 e. The first kappa shape index (κ1) is 10.8. The Bertz CT molecular complexity index is 340. The summed E-state index contributed by atoms with van der Waals surface area (Å²) in [6.45, 7) is 3.71. The third-order valence-corrected chi connectivity index (χ3v) is 2.62. The molecule has 1 saturated heterocycles. The molecule has 1 aromatic heterocycles. The summed E-state index contributed by atoms with van der Waals surface area (Å²) >= 11 is 5.95. The van der Waals surface area contributed by atoms with E-state index in [9.17, 15) is 0 Å². The van der Waals surface area contributed by atoms with Gasteiger partial charge in [0.1, 0.15) is 11.0 Å². The van der Waals surface area contributed by atoms with Crippen molar-refractivity contribution >= 4 is 11.6 Å². The summed E-state index contributed by atoms with van der Waals surface area (Å²) in [4.78, 5) is 8.14. The number of nitrogens with zero attached hydrogens (tertiary/aromatic N) is 2. The molecule has 0 spiro atoms. The van der Waals surface area contributed by atoms with E-state index >= 15 is 0 Å². The molecule has 1 aliphatic rings. The van der Waals surface area contributed by atoms with E-state index in [0.717, 1.165) is 18.6 Å². The maximum atomic E-state index is 5.95. The minimum atomic E-state index is 0.183. The molecule has 0 radical (unpaired) electrons. The van der Waals surface area contributed by atoms with Crippen LogP contribution in [0.1, 0.15) is 17.8 Å². The van der Waals surface area contributed by atoms with Crippen LogP contribution in [-0.2, 0) is 16.1 Å². The summed E-state index contributed by atoms with van der Waals surface area (Å²) in [6.07, 6.45) is 2.84. The van der Waals surface area contributed by atoms with E-state index in [1.54, 1.807) is 13.1 Å². The highest BCUT2D eigenvalue weighted by Gasteiger charge is 2.16. The highest BCUT2D eigenvalue weighted by atomic mass is 35.5. The van der Waals surface area contributed by atoms with Gasteiger partial charge in [0.2, 0.25) is 0 Å². The zero-order valence-electron chi connectivity index (χ0n) is 8.57. The Kier molecular flexibility index (Phi) is 3.51. The topological polar surface area (TPSA) is 44.2 Å². The van der Waals surface area contributed by atoms with Gasteiger partial charge in [-0.05, 0) is 13.3 Å². The van der Waals surface area contributed by atoms with Gasteiger partial charge in [0.05, 0.1) is 19.3 Å². The predicted octanol–water partition coefficient (Wildman–Crippen LogP) is 1.74. The molecular formula is C10H13ClN2O2. The van der Waals surface area contributed by atoms with Crippen molar-refractivity contribution in [2.45, 2.75) is 26.1 Å². The average molecular weight is 229 g/mol. The van der Waals surface area contributed by atoms with Gasteiger partial charge in [-0.2, -0.15) is 0 Å². The summed E-state index contributed by atoms with van der Waals surface area (Å²) < 4.78 is 10.8. The smallest absolute Gasteiger partial charge is 0.138 e. The van der Waals surface area contributed by atoms with Gasteiger partial charge in [-0.15, -0.1) is 0 Å². The molecular weight excluding hydrogens is 216 g/mol. The van der Waals surface area contributed by atoms with Crippen molar-refractivity contribution in [2.75, 3.05) is 13.2 Å². The van der Waals surface area contributed by atoms with Crippen LogP contribution in [-0.4, -0.2) is 29.3 Å². The molecule has 1 atom stereocenters. The standard InChI is InChI=1S/C10H13ClN2O2/c1-7-12-4-8(10(11)13-7)5-15-9-2-3-14-6-9/h4,9H,2-3,5-6H2,1H3. The van der Waals surface area contributed by atoms with E-state index in [2.05, 4.69) is 9.97 Å². The monoisotopic (exact) mass is 228 g/mol. The van der Waals surface area contributed by atoms with Gasteiger partial charge in [0, 0.05) is 18.4 Å². The van der Waals surface area contributed by atoms with Crippen molar-refractivity contribution in [3.63, 3.8) is 0 Å². The lowest BCUT2D eigenvalue weighted by Crippen LogP contribution is -2.12. The van der Waals surface area contributed by atoms with Gasteiger partial charge >= 0.3 is 0 Å². The first-order valence-corrected chi connectivity index (χ1v) is 5.31. The fourth-order valence-corrected chi connectivity index (χ4v) is 1.64. The first-order valence-electron chi connectivity index (χ1n) is 4.93. The Morgan fingerprint density at radius 2 is 2.53 bits per heavy atom. The molecule has 1 fully saturated rings. The van der Waals surface area contributed by atoms with Crippen LogP contribution < -0.4 is 0 Å². The molecule has 0 N–H and O–H groups in total. The molecule has 4 nitrogen and oxygen atoms in total. The summed E-state index contributed by atoms with van der Waals surface area (Å²) in [6, 6.07) is 0. The Morgan fingerprint density at radius 1 is 1.67 bits per heavy atom. The summed E-state index contributed by atoms with van der Waals surface area (Å²) in [7, 11) is 0. The fraction of sp³-hybridized carbons (Fsp3) is 0.600. The van der Waals surface area contributed by atoms with Gasteiger partial charge < -0.3 is 9.47 Å². The Labute approximate surface area is 93.6 Å². The molecule has 1 unspecified atom stereocenters. The average Bonchev–Trinajstić information content (AvgIpc) is 2.69. The van der Waals surface area contributed by atoms with Crippen LogP contribution in [0.3, 0.4) is 0 Å². The molecule has 2 heterocycles. The third-order valence-electron chi connectivity index (χ3n) is 2.29. The number of hydrogen-bond acceptors (Lipinski definition) is 4. The molecule has 0 amide bonds. The number of aromatic nitrogens is 2. The quantitative estimate of drug-likeness (QED) is 0.740. The summed E-state index contributed by atoms with van der Waals surface area (Å²) in [5.41, 5.74) is 0.828. The van der Waals surface area contributed by atoms with E-state index in [4.69, 9.17) is 21.1 Å². The number of halogens is 1. The molecule has 1 aromatic rings. The maximum absolute atomic E-state index is 5.95. The second-order valence-corrected chi connectivity index (χ2v) is 3.89.